The molecule has 0 aliphatic carbocycles. The third-order valence-corrected chi connectivity index (χ3v) is 7.93. The summed E-state index contributed by atoms with van der Waals surface area (Å²) < 4.78 is 16.8. The van der Waals surface area contributed by atoms with Gasteiger partial charge in [0.25, 0.3) is 0 Å². The van der Waals surface area contributed by atoms with E-state index in [9.17, 15) is 14.3 Å². The molecule has 4 heterocycles. The molecule has 220 valence electrons. The minimum absolute atomic E-state index is 0.0992. The fourth-order valence-electron chi connectivity index (χ4n) is 4.81. The maximum Gasteiger partial charge on any atom is 0.307 e. The van der Waals surface area contributed by atoms with Crippen LogP contribution in [0, 0.1) is 12.7 Å². The molecule has 10 heteroatoms. The van der Waals surface area contributed by atoms with E-state index in [1.807, 2.05) is 55.1 Å². The average molecular weight is 617 g/mol. The number of aryl methyl sites for hydroxylation is 2. The summed E-state index contributed by atoms with van der Waals surface area (Å²) in [5.74, 6) is -1.30. The van der Waals surface area contributed by atoms with Gasteiger partial charge >= 0.3 is 5.97 Å². The van der Waals surface area contributed by atoms with Crippen LogP contribution in [0.3, 0.4) is 0 Å². The fourth-order valence-corrected chi connectivity index (χ4v) is 6.07. The van der Waals surface area contributed by atoms with Crippen LogP contribution in [-0.4, -0.2) is 41.3 Å². The number of fused-ring (bicyclic) bond motifs is 2. The third kappa shape index (κ3) is 6.74. The maximum atomic E-state index is 14.0. The fraction of sp³-hybridized carbons (Fsp3) is 0.212. The number of pyridine rings is 2. The number of carboxylic acids is 1. The molecule has 2 aromatic carbocycles. The Balaban J connectivity index is 0.000000682. The molecule has 0 fully saturated rings. The molecule has 6 aromatic rings. The van der Waals surface area contributed by atoms with E-state index in [0.29, 0.717) is 21.7 Å². The van der Waals surface area contributed by atoms with Crippen molar-refractivity contribution in [1.29, 1.82) is 0 Å². The monoisotopic (exact) mass is 616 g/mol. The first-order valence-electron chi connectivity index (χ1n) is 13.5. The molecule has 0 saturated heterocycles. The molecule has 0 bridgehead atoms. The van der Waals surface area contributed by atoms with Gasteiger partial charge in [-0.3, -0.25) is 9.78 Å². The summed E-state index contributed by atoms with van der Waals surface area (Å²) in [4.78, 5) is 25.4. The van der Waals surface area contributed by atoms with Crippen molar-refractivity contribution in [3.05, 3.63) is 89.1 Å². The lowest BCUT2D eigenvalue weighted by molar-refractivity contribution is -0.136. The summed E-state index contributed by atoms with van der Waals surface area (Å²) in [5, 5.41) is 20.2. The van der Waals surface area contributed by atoms with Crippen LogP contribution in [0.1, 0.15) is 31.9 Å². The van der Waals surface area contributed by atoms with Gasteiger partial charge < -0.3 is 14.8 Å². The SMILES string of the molecule is CC(C)(C)O.Cc1cc2nc(-c3ccnc(-c4cn(C)c5ncc(F)cc45)c3)sc2c(-c2ccc(Cl)cc2)c1CC(=O)O. The number of carbonyl (C=O) groups is 1. The van der Waals surface area contributed by atoms with E-state index in [2.05, 4.69) is 9.97 Å². The van der Waals surface area contributed by atoms with Crippen molar-refractivity contribution in [1.82, 2.24) is 19.5 Å². The molecule has 0 unspecified atom stereocenters. The molecule has 7 nitrogen and oxygen atoms in total. The first kappa shape index (κ1) is 30.3. The maximum absolute atomic E-state index is 14.0. The predicted molar refractivity (Wildman–Crippen MR) is 171 cm³/mol. The van der Waals surface area contributed by atoms with Gasteiger partial charge in [0.15, 0.2) is 0 Å². The lowest BCUT2D eigenvalue weighted by Gasteiger charge is -2.13. The number of aliphatic hydroxyl groups is 1. The van der Waals surface area contributed by atoms with Gasteiger partial charge in [-0.1, -0.05) is 23.7 Å². The summed E-state index contributed by atoms with van der Waals surface area (Å²) in [5.41, 5.74) is 6.63. The molecule has 0 saturated carbocycles. The molecule has 0 aliphatic heterocycles. The molecular weight excluding hydrogens is 587 g/mol. The number of carboxylic acid groups (broad SMARTS) is 1. The van der Waals surface area contributed by atoms with Gasteiger partial charge in [-0.2, -0.15) is 0 Å². The highest BCUT2D eigenvalue weighted by atomic mass is 35.5. The number of benzene rings is 2. The average Bonchev–Trinajstić information content (AvgIpc) is 3.49. The molecule has 0 aliphatic rings. The van der Waals surface area contributed by atoms with Crippen LogP contribution in [0.4, 0.5) is 4.39 Å². The Morgan fingerprint density at radius 1 is 1.07 bits per heavy atom. The number of aliphatic carboxylic acids is 1. The standard InChI is InChI=1S/C29H20ClFN4O2S.C4H10O/c1-15-9-24-27(26(20(15)12-25(36)37)16-3-5-18(30)6-4-16)38-29(34-24)17-7-8-32-23(10-17)22-14-35(2)28-21(22)11-19(31)13-33-28;1-4(2,3)5/h3-11,13-14H,12H2,1-2H3,(H,36,37);5H,1-3H3. The van der Waals surface area contributed by atoms with Gasteiger partial charge in [-0.05, 0) is 80.8 Å². The minimum Gasteiger partial charge on any atom is -0.481 e. The molecule has 43 heavy (non-hydrogen) atoms. The normalized spacial score (nSPS) is 11.5. The van der Waals surface area contributed by atoms with Crippen molar-refractivity contribution in [3.63, 3.8) is 0 Å². The van der Waals surface area contributed by atoms with Gasteiger partial charge in [-0.15, -0.1) is 11.3 Å². The zero-order chi connectivity index (χ0) is 31.1. The molecule has 2 N–H and O–H groups in total. The summed E-state index contributed by atoms with van der Waals surface area (Å²) in [6, 6.07) is 14.6. The topological polar surface area (TPSA) is 101 Å². The molecule has 0 amide bonds. The number of hydrogen-bond acceptors (Lipinski definition) is 6. The zero-order valence-corrected chi connectivity index (χ0v) is 25.9. The molecule has 0 spiro atoms. The van der Waals surface area contributed by atoms with Crippen molar-refractivity contribution in [3.8, 4) is 33.0 Å². The van der Waals surface area contributed by atoms with E-state index >= 15 is 0 Å². The van der Waals surface area contributed by atoms with Gasteiger partial charge in [0.2, 0.25) is 0 Å². The van der Waals surface area contributed by atoms with E-state index in [1.54, 1.807) is 39.1 Å². The second-order valence-electron chi connectivity index (χ2n) is 11.3. The van der Waals surface area contributed by atoms with Crippen LogP contribution in [0.5, 0.6) is 0 Å². The van der Waals surface area contributed by atoms with Gasteiger partial charge in [-0.25, -0.2) is 14.4 Å². The molecule has 4 aromatic heterocycles. The number of halogens is 2. The predicted octanol–water partition coefficient (Wildman–Crippen LogP) is 8.08. The largest absolute Gasteiger partial charge is 0.481 e. The smallest absolute Gasteiger partial charge is 0.307 e. The Hall–Kier alpha value is -4.18. The minimum atomic E-state index is -0.896. The van der Waals surface area contributed by atoms with Gasteiger partial charge in [0.05, 0.1) is 34.1 Å². The number of thiazole rings is 1. The second kappa shape index (κ2) is 11.8. The third-order valence-electron chi connectivity index (χ3n) is 6.54. The van der Waals surface area contributed by atoms with Gasteiger partial charge in [0.1, 0.15) is 16.5 Å². The van der Waals surface area contributed by atoms with E-state index in [0.717, 1.165) is 48.6 Å². The molecule has 0 radical (unpaired) electrons. The number of hydrogen-bond donors (Lipinski definition) is 2. The second-order valence-corrected chi connectivity index (χ2v) is 12.7. The Kier molecular flexibility index (Phi) is 8.34. The van der Waals surface area contributed by atoms with E-state index in [4.69, 9.17) is 21.7 Å². The Bertz CT molecular complexity index is 1970. The van der Waals surface area contributed by atoms with Crippen molar-refractivity contribution < 1.29 is 19.4 Å². The van der Waals surface area contributed by atoms with Gasteiger partial charge in [0, 0.05) is 46.5 Å². The highest BCUT2D eigenvalue weighted by molar-refractivity contribution is 7.22. The highest BCUT2D eigenvalue weighted by Gasteiger charge is 2.20. The van der Waals surface area contributed by atoms with Crippen molar-refractivity contribution in [2.45, 2.75) is 39.7 Å². The van der Waals surface area contributed by atoms with Crippen LogP contribution >= 0.6 is 22.9 Å². The van der Waals surface area contributed by atoms with Crippen molar-refractivity contribution >= 4 is 50.2 Å². The molecule has 0 atom stereocenters. The molecule has 6 rings (SSSR count). The molecular formula is C33H30ClFN4O3S. The Morgan fingerprint density at radius 3 is 2.44 bits per heavy atom. The van der Waals surface area contributed by atoms with Crippen LogP contribution in [0.25, 0.3) is 54.2 Å². The van der Waals surface area contributed by atoms with E-state index in [-0.39, 0.29) is 6.42 Å². The number of aromatic nitrogens is 4. The Morgan fingerprint density at radius 2 is 1.77 bits per heavy atom. The summed E-state index contributed by atoms with van der Waals surface area (Å²) >= 11 is 7.63. The zero-order valence-electron chi connectivity index (χ0n) is 24.3. The van der Waals surface area contributed by atoms with Crippen LogP contribution in [0.15, 0.2) is 67.1 Å². The highest BCUT2D eigenvalue weighted by Crippen LogP contribution is 2.41. The first-order valence-corrected chi connectivity index (χ1v) is 14.7. The summed E-state index contributed by atoms with van der Waals surface area (Å²) in [7, 11) is 1.86. The summed E-state index contributed by atoms with van der Waals surface area (Å²) in [6.07, 6.45) is 4.71. The number of nitrogens with zero attached hydrogens (tertiary/aromatic N) is 4. The lowest BCUT2D eigenvalue weighted by Crippen LogP contribution is -2.10. The van der Waals surface area contributed by atoms with E-state index < -0.39 is 17.4 Å². The quantitative estimate of drug-likeness (QED) is 0.203. The van der Waals surface area contributed by atoms with Crippen LogP contribution < -0.4 is 0 Å². The number of rotatable bonds is 5. The Labute approximate surface area is 257 Å². The first-order chi connectivity index (χ1) is 20.3. The summed E-state index contributed by atoms with van der Waals surface area (Å²) in [6.45, 7) is 7.14. The lowest BCUT2D eigenvalue weighted by atomic mass is 9.93. The van der Waals surface area contributed by atoms with Crippen LogP contribution in [-0.2, 0) is 18.3 Å². The van der Waals surface area contributed by atoms with Crippen molar-refractivity contribution in [2.75, 3.05) is 0 Å². The van der Waals surface area contributed by atoms with Crippen LogP contribution in [0.2, 0.25) is 5.02 Å². The van der Waals surface area contributed by atoms with Crippen molar-refractivity contribution in [2.24, 2.45) is 7.05 Å². The van der Waals surface area contributed by atoms with E-state index in [1.165, 1.54) is 23.6 Å².